The lowest BCUT2D eigenvalue weighted by Gasteiger charge is -2.41. The van der Waals surface area contributed by atoms with Gasteiger partial charge in [-0.25, -0.2) is 0 Å². The molecule has 0 atom stereocenters. The molecule has 0 bridgehead atoms. The molecule has 2 fully saturated rings. The maximum absolute atomic E-state index is 12.6. The fraction of sp³-hybridized carbons (Fsp3) is 0.929. The monoisotopic (exact) mass is 270 g/mol. The molecule has 1 aliphatic heterocycles. The quantitative estimate of drug-likeness (QED) is 0.696. The normalized spacial score (nSPS) is 25.8. The molecule has 0 radical (unpaired) electrons. The summed E-state index contributed by atoms with van der Waals surface area (Å²) in [5.41, 5.74) is 4.93. The molecule has 1 amide bonds. The van der Waals surface area contributed by atoms with E-state index in [1.54, 1.807) is 0 Å². The van der Waals surface area contributed by atoms with Crippen molar-refractivity contribution in [1.29, 1.82) is 0 Å². The van der Waals surface area contributed by atoms with Crippen LogP contribution in [-0.2, 0) is 9.53 Å². The highest BCUT2D eigenvalue weighted by Crippen LogP contribution is 2.33. The molecule has 2 aliphatic rings. The molecule has 2 rings (SSSR count). The molecule has 1 heterocycles. The van der Waals surface area contributed by atoms with Crippen molar-refractivity contribution in [3.05, 3.63) is 0 Å². The Balaban J connectivity index is 2.05. The van der Waals surface area contributed by atoms with Crippen molar-refractivity contribution in [1.82, 2.24) is 5.32 Å². The van der Waals surface area contributed by atoms with Crippen LogP contribution < -0.4 is 11.1 Å². The number of aliphatic hydroxyl groups is 1. The average Bonchev–Trinajstić information content (AvgIpc) is 2.48. The van der Waals surface area contributed by atoms with E-state index >= 15 is 0 Å². The summed E-state index contributed by atoms with van der Waals surface area (Å²) in [6.07, 6.45) is 6.42. The largest absolute Gasteiger partial charge is 0.394 e. The summed E-state index contributed by atoms with van der Waals surface area (Å²) in [6, 6.07) is 0. The van der Waals surface area contributed by atoms with E-state index in [0.717, 1.165) is 25.7 Å². The molecule has 0 aromatic carbocycles. The molecule has 0 spiro atoms. The van der Waals surface area contributed by atoms with E-state index in [0.29, 0.717) is 32.6 Å². The van der Waals surface area contributed by atoms with Crippen molar-refractivity contribution < 1.29 is 14.6 Å². The zero-order valence-electron chi connectivity index (χ0n) is 11.6. The van der Waals surface area contributed by atoms with Gasteiger partial charge in [-0.1, -0.05) is 19.3 Å². The lowest BCUT2D eigenvalue weighted by molar-refractivity contribution is -0.139. The maximum Gasteiger partial charge on any atom is 0.228 e. The number of amides is 1. The number of nitrogens with one attached hydrogen (secondary N) is 1. The minimum Gasteiger partial charge on any atom is -0.394 e. The van der Waals surface area contributed by atoms with Crippen LogP contribution in [0.1, 0.15) is 44.9 Å². The van der Waals surface area contributed by atoms with Gasteiger partial charge in [-0.05, 0) is 25.7 Å². The topological polar surface area (TPSA) is 84.6 Å². The molecule has 1 saturated carbocycles. The van der Waals surface area contributed by atoms with E-state index in [2.05, 4.69) is 5.32 Å². The molecule has 0 unspecified atom stereocenters. The van der Waals surface area contributed by atoms with Gasteiger partial charge in [0.2, 0.25) is 5.91 Å². The maximum atomic E-state index is 12.6. The van der Waals surface area contributed by atoms with E-state index in [-0.39, 0.29) is 12.5 Å². The van der Waals surface area contributed by atoms with Crippen LogP contribution in [0.25, 0.3) is 0 Å². The first-order valence-electron chi connectivity index (χ1n) is 7.38. The van der Waals surface area contributed by atoms with Crippen LogP contribution in [0.5, 0.6) is 0 Å². The van der Waals surface area contributed by atoms with Crippen LogP contribution in [0.4, 0.5) is 0 Å². The van der Waals surface area contributed by atoms with Gasteiger partial charge < -0.3 is 20.9 Å². The first-order chi connectivity index (χ1) is 9.16. The van der Waals surface area contributed by atoms with Crippen molar-refractivity contribution in [3.63, 3.8) is 0 Å². The first kappa shape index (κ1) is 14.8. The summed E-state index contributed by atoms with van der Waals surface area (Å²) in [7, 11) is 0. The third-order valence-corrected chi connectivity index (χ3v) is 4.81. The van der Waals surface area contributed by atoms with Crippen molar-refractivity contribution in [2.45, 2.75) is 50.5 Å². The SMILES string of the molecule is NCC1(C(=O)NC2(CO)CCCCC2)CCOCC1. The number of ether oxygens (including phenoxy) is 1. The zero-order chi connectivity index (χ0) is 13.8. The Kier molecular flexibility index (Phi) is 4.81. The van der Waals surface area contributed by atoms with Crippen LogP contribution in [0, 0.1) is 5.41 Å². The van der Waals surface area contributed by atoms with Gasteiger partial charge >= 0.3 is 0 Å². The predicted molar refractivity (Wildman–Crippen MR) is 72.6 cm³/mol. The molecular formula is C14H26N2O3. The van der Waals surface area contributed by atoms with Crippen LogP contribution >= 0.6 is 0 Å². The average molecular weight is 270 g/mol. The fourth-order valence-corrected chi connectivity index (χ4v) is 3.21. The molecule has 1 aliphatic carbocycles. The van der Waals surface area contributed by atoms with Crippen LogP contribution in [0.2, 0.25) is 0 Å². The van der Waals surface area contributed by atoms with E-state index in [4.69, 9.17) is 10.5 Å². The Morgan fingerprint density at radius 2 is 1.79 bits per heavy atom. The van der Waals surface area contributed by atoms with Gasteiger partial charge in [-0.2, -0.15) is 0 Å². The van der Waals surface area contributed by atoms with Crippen molar-refractivity contribution in [2.24, 2.45) is 11.1 Å². The van der Waals surface area contributed by atoms with Gasteiger partial charge in [0.25, 0.3) is 0 Å². The number of nitrogens with two attached hydrogens (primary N) is 1. The van der Waals surface area contributed by atoms with Gasteiger partial charge in [0.05, 0.1) is 17.6 Å². The summed E-state index contributed by atoms with van der Waals surface area (Å²) < 4.78 is 5.33. The Hall–Kier alpha value is -0.650. The molecule has 19 heavy (non-hydrogen) atoms. The van der Waals surface area contributed by atoms with E-state index in [1.165, 1.54) is 6.42 Å². The number of carbonyl (C=O) groups is 1. The van der Waals surface area contributed by atoms with Crippen LogP contribution in [-0.4, -0.2) is 42.9 Å². The number of hydrogen-bond acceptors (Lipinski definition) is 4. The van der Waals surface area contributed by atoms with E-state index < -0.39 is 11.0 Å². The van der Waals surface area contributed by atoms with Gasteiger partial charge in [-0.15, -0.1) is 0 Å². The smallest absolute Gasteiger partial charge is 0.228 e. The second-order valence-electron chi connectivity index (χ2n) is 6.05. The summed E-state index contributed by atoms with van der Waals surface area (Å²) in [4.78, 5) is 12.6. The molecular weight excluding hydrogens is 244 g/mol. The molecule has 0 aromatic heterocycles. The highest BCUT2D eigenvalue weighted by atomic mass is 16.5. The zero-order valence-corrected chi connectivity index (χ0v) is 11.6. The molecule has 5 nitrogen and oxygen atoms in total. The summed E-state index contributed by atoms with van der Waals surface area (Å²) in [5.74, 6) is 0.00856. The Bertz CT molecular complexity index is 308. The number of carbonyl (C=O) groups excluding carboxylic acids is 1. The second-order valence-corrected chi connectivity index (χ2v) is 6.05. The molecule has 110 valence electrons. The fourth-order valence-electron chi connectivity index (χ4n) is 3.21. The van der Waals surface area contributed by atoms with Gasteiger partial charge in [0.1, 0.15) is 0 Å². The summed E-state index contributed by atoms with van der Waals surface area (Å²) in [5, 5.41) is 12.8. The lowest BCUT2D eigenvalue weighted by Crippen LogP contribution is -2.59. The third kappa shape index (κ3) is 3.09. The van der Waals surface area contributed by atoms with E-state index in [9.17, 15) is 9.90 Å². The van der Waals surface area contributed by atoms with Crippen molar-refractivity contribution in [3.8, 4) is 0 Å². The number of hydrogen-bond donors (Lipinski definition) is 3. The highest BCUT2D eigenvalue weighted by Gasteiger charge is 2.43. The molecule has 5 heteroatoms. The van der Waals surface area contributed by atoms with Crippen LogP contribution in [0.15, 0.2) is 0 Å². The minimum absolute atomic E-state index is 0.00856. The Labute approximate surface area is 114 Å². The predicted octanol–water partition coefficient (Wildman–Crippen LogP) is 0.553. The standard InChI is InChI=1S/C14H26N2O3/c15-10-13(6-8-19-9-7-13)12(18)16-14(11-17)4-2-1-3-5-14/h17H,1-11,15H2,(H,16,18). The lowest BCUT2D eigenvalue weighted by atomic mass is 9.76. The summed E-state index contributed by atoms with van der Waals surface area (Å²) in [6.45, 7) is 1.56. The second kappa shape index (κ2) is 6.20. The summed E-state index contributed by atoms with van der Waals surface area (Å²) >= 11 is 0. The van der Waals surface area contributed by atoms with E-state index in [1.807, 2.05) is 0 Å². The Morgan fingerprint density at radius 1 is 1.16 bits per heavy atom. The Morgan fingerprint density at radius 3 is 2.32 bits per heavy atom. The minimum atomic E-state index is -0.502. The van der Waals surface area contributed by atoms with Gasteiger partial charge in [0.15, 0.2) is 0 Å². The molecule has 4 N–H and O–H groups in total. The van der Waals surface area contributed by atoms with Crippen LogP contribution in [0.3, 0.4) is 0 Å². The van der Waals surface area contributed by atoms with Gasteiger partial charge in [0, 0.05) is 19.8 Å². The van der Waals surface area contributed by atoms with Gasteiger partial charge in [-0.3, -0.25) is 4.79 Å². The third-order valence-electron chi connectivity index (χ3n) is 4.81. The van der Waals surface area contributed by atoms with Crippen molar-refractivity contribution >= 4 is 5.91 Å². The number of rotatable bonds is 4. The first-order valence-corrected chi connectivity index (χ1v) is 7.38. The molecule has 0 aromatic rings. The number of aliphatic hydroxyl groups excluding tert-OH is 1. The molecule has 1 saturated heterocycles. The highest BCUT2D eigenvalue weighted by molar-refractivity contribution is 5.83. The van der Waals surface area contributed by atoms with Crippen molar-refractivity contribution in [2.75, 3.05) is 26.4 Å².